The first-order chi connectivity index (χ1) is 8.58. The van der Waals surface area contributed by atoms with Crippen LogP contribution in [0.2, 0.25) is 0 Å². The molecule has 0 spiro atoms. The van der Waals surface area contributed by atoms with E-state index in [-0.39, 0.29) is 5.82 Å². The quantitative estimate of drug-likeness (QED) is 0.838. The van der Waals surface area contributed by atoms with Crippen LogP contribution in [0.15, 0.2) is 36.4 Å². The summed E-state index contributed by atoms with van der Waals surface area (Å²) in [5.74, 6) is 0.564. The predicted octanol–water partition coefficient (Wildman–Crippen LogP) is 3.60. The van der Waals surface area contributed by atoms with Crippen LogP contribution in [-0.2, 0) is 6.61 Å². The minimum absolute atomic E-state index is 0.241. The van der Waals surface area contributed by atoms with Crippen LogP contribution in [0, 0.1) is 19.7 Å². The van der Waals surface area contributed by atoms with Gasteiger partial charge in [0.1, 0.15) is 18.2 Å². The van der Waals surface area contributed by atoms with Gasteiger partial charge >= 0.3 is 0 Å². The van der Waals surface area contributed by atoms with Crippen molar-refractivity contribution in [1.29, 1.82) is 0 Å². The molecule has 0 fully saturated rings. The molecule has 0 aliphatic heterocycles. The van der Waals surface area contributed by atoms with Crippen LogP contribution in [-0.4, -0.2) is 0 Å². The number of anilines is 1. The van der Waals surface area contributed by atoms with E-state index in [9.17, 15) is 4.39 Å². The normalized spacial score (nSPS) is 10.4. The molecule has 2 rings (SSSR count). The summed E-state index contributed by atoms with van der Waals surface area (Å²) >= 11 is 0. The number of halogens is 1. The number of nitrogen functional groups attached to an aromatic ring is 1. The molecule has 0 unspecified atom stereocenters. The molecule has 2 aromatic carbocycles. The van der Waals surface area contributed by atoms with E-state index in [1.54, 1.807) is 12.1 Å². The van der Waals surface area contributed by atoms with Crippen LogP contribution in [0.25, 0.3) is 0 Å². The molecule has 0 aliphatic rings. The van der Waals surface area contributed by atoms with Gasteiger partial charge in [-0.1, -0.05) is 18.2 Å². The summed E-state index contributed by atoms with van der Waals surface area (Å²) in [4.78, 5) is 0. The average molecular weight is 245 g/mol. The molecule has 0 aliphatic carbocycles. The molecule has 0 aromatic heterocycles. The van der Waals surface area contributed by atoms with Crippen LogP contribution in [0.3, 0.4) is 0 Å². The topological polar surface area (TPSA) is 35.2 Å². The van der Waals surface area contributed by atoms with Gasteiger partial charge in [-0.2, -0.15) is 0 Å². The zero-order valence-electron chi connectivity index (χ0n) is 10.5. The maximum absolute atomic E-state index is 12.8. The summed E-state index contributed by atoms with van der Waals surface area (Å²) < 4.78 is 18.5. The second kappa shape index (κ2) is 5.08. The molecule has 0 heterocycles. The van der Waals surface area contributed by atoms with Crippen LogP contribution in [0.5, 0.6) is 5.75 Å². The molecule has 2 N–H and O–H groups in total. The van der Waals surface area contributed by atoms with E-state index >= 15 is 0 Å². The summed E-state index contributed by atoms with van der Waals surface area (Å²) in [5, 5.41) is 0. The van der Waals surface area contributed by atoms with Crippen molar-refractivity contribution >= 4 is 5.69 Å². The number of rotatable bonds is 3. The minimum Gasteiger partial charge on any atom is -0.488 e. The second-order valence-corrected chi connectivity index (χ2v) is 4.34. The standard InChI is InChI=1S/C15H16FNO/c1-10-3-8-14(17)11(2)15(10)18-9-12-4-6-13(16)7-5-12/h3-8H,9,17H2,1-2H3. The zero-order chi connectivity index (χ0) is 13.1. The van der Waals surface area contributed by atoms with E-state index in [2.05, 4.69) is 0 Å². The largest absolute Gasteiger partial charge is 0.488 e. The Morgan fingerprint density at radius 1 is 1.06 bits per heavy atom. The fourth-order valence-corrected chi connectivity index (χ4v) is 1.80. The van der Waals surface area contributed by atoms with Crippen molar-refractivity contribution in [2.45, 2.75) is 20.5 Å². The van der Waals surface area contributed by atoms with Crippen LogP contribution < -0.4 is 10.5 Å². The summed E-state index contributed by atoms with van der Waals surface area (Å²) in [5.41, 5.74) is 9.48. The third-order valence-corrected chi connectivity index (χ3v) is 2.94. The number of nitrogens with two attached hydrogens (primary N) is 1. The molecule has 3 heteroatoms. The molecule has 0 amide bonds. The van der Waals surface area contributed by atoms with Crippen molar-refractivity contribution in [2.75, 3.05) is 5.73 Å². The Kier molecular flexibility index (Phi) is 3.51. The van der Waals surface area contributed by atoms with Gasteiger partial charge in [-0.05, 0) is 43.2 Å². The van der Waals surface area contributed by atoms with Gasteiger partial charge in [-0.3, -0.25) is 0 Å². The number of hydrogen-bond acceptors (Lipinski definition) is 2. The lowest BCUT2D eigenvalue weighted by atomic mass is 10.1. The highest BCUT2D eigenvalue weighted by atomic mass is 19.1. The van der Waals surface area contributed by atoms with Gasteiger partial charge in [0.2, 0.25) is 0 Å². The first kappa shape index (κ1) is 12.4. The van der Waals surface area contributed by atoms with Crippen molar-refractivity contribution in [3.8, 4) is 5.75 Å². The summed E-state index contributed by atoms with van der Waals surface area (Å²) in [6, 6.07) is 10.1. The molecule has 0 atom stereocenters. The van der Waals surface area contributed by atoms with E-state index in [1.165, 1.54) is 12.1 Å². The third-order valence-electron chi connectivity index (χ3n) is 2.94. The Morgan fingerprint density at radius 3 is 2.39 bits per heavy atom. The molecule has 2 aromatic rings. The molecule has 18 heavy (non-hydrogen) atoms. The first-order valence-electron chi connectivity index (χ1n) is 5.81. The third kappa shape index (κ3) is 2.62. The number of hydrogen-bond donors (Lipinski definition) is 1. The minimum atomic E-state index is -0.241. The van der Waals surface area contributed by atoms with Crippen molar-refractivity contribution in [2.24, 2.45) is 0 Å². The Balaban J connectivity index is 2.15. The lowest BCUT2D eigenvalue weighted by molar-refractivity contribution is 0.302. The van der Waals surface area contributed by atoms with Crippen LogP contribution in [0.4, 0.5) is 10.1 Å². The Labute approximate surface area is 106 Å². The number of aryl methyl sites for hydroxylation is 1. The maximum atomic E-state index is 12.8. The van der Waals surface area contributed by atoms with E-state index in [4.69, 9.17) is 10.5 Å². The van der Waals surface area contributed by atoms with Crippen molar-refractivity contribution in [1.82, 2.24) is 0 Å². The van der Waals surface area contributed by atoms with Gasteiger partial charge in [-0.25, -0.2) is 4.39 Å². The zero-order valence-corrected chi connectivity index (χ0v) is 10.5. The van der Waals surface area contributed by atoms with E-state index in [1.807, 2.05) is 26.0 Å². The smallest absolute Gasteiger partial charge is 0.127 e. The van der Waals surface area contributed by atoms with E-state index < -0.39 is 0 Å². The summed E-state index contributed by atoms with van der Waals surface area (Å²) in [6.45, 7) is 4.32. The molecule has 0 bridgehead atoms. The van der Waals surface area contributed by atoms with Crippen LogP contribution >= 0.6 is 0 Å². The molecular formula is C15H16FNO. The fraction of sp³-hybridized carbons (Fsp3) is 0.200. The van der Waals surface area contributed by atoms with Gasteiger partial charge < -0.3 is 10.5 Å². The first-order valence-corrected chi connectivity index (χ1v) is 5.81. The van der Waals surface area contributed by atoms with Gasteiger partial charge in [0.15, 0.2) is 0 Å². The Hall–Kier alpha value is -2.03. The van der Waals surface area contributed by atoms with Crippen molar-refractivity contribution < 1.29 is 9.13 Å². The highest BCUT2D eigenvalue weighted by Crippen LogP contribution is 2.28. The number of ether oxygens (including phenoxy) is 1. The average Bonchev–Trinajstić information content (AvgIpc) is 2.36. The molecule has 2 nitrogen and oxygen atoms in total. The SMILES string of the molecule is Cc1ccc(N)c(C)c1OCc1ccc(F)cc1. The van der Waals surface area contributed by atoms with Gasteiger partial charge in [0.25, 0.3) is 0 Å². The van der Waals surface area contributed by atoms with Gasteiger partial charge in [0, 0.05) is 11.3 Å². The van der Waals surface area contributed by atoms with Crippen molar-refractivity contribution in [3.05, 3.63) is 58.9 Å². The fourth-order valence-electron chi connectivity index (χ4n) is 1.80. The molecular weight excluding hydrogens is 229 g/mol. The molecule has 94 valence electrons. The number of benzene rings is 2. The molecule has 0 saturated carbocycles. The highest BCUT2D eigenvalue weighted by Gasteiger charge is 2.07. The monoisotopic (exact) mass is 245 g/mol. The Bertz CT molecular complexity index is 549. The van der Waals surface area contributed by atoms with E-state index in [0.29, 0.717) is 6.61 Å². The summed E-state index contributed by atoms with van der Waals surface area (Å²) in [7, 11) is 0. The van der Waals surface area contributed by atoms with Gasteiger partial charge in [0.05, 0.1) is 0 Å². The summed E-state index contributed by atoms with van der Waals surface area (Å²) in [6.07, 6.45) is 0. The molecule has 0 saturated heterocycles. The lowest BCUT2D eigenvalue weighted by Crippen LogP contribution is -2.01. The molecule has 0 radical (unpaired) electrons. The second-order valence-electron chi connectivity index (χ2n) is 4.34. The van der Waals surface area contributed by atoms with E-state index in [0.717, 1.165) is 28.1 Å². The van der Waals surface area contributed by atoms with Crippen molar-refractivity contribution in [3.63, 3.8) is 0 Å². The predicted molar refractivity (Wildman–Crippen MR) is 71.1 cm³/mol. The highest BCUT2D eigenvalue weighted by molar-refractivity contribution is 5.56. The lowest BCUT2D eigenvalue weighted by Gasteiger charge is -2.13. The Morgan fingerprint density at radius 2 is 1.72 bits per heavy atom. The van der Waals surface area contributed by atoms with Gasteiger partial charge in [-0.15, -0.1) is 0 Å². The van der Waals surface area contributed by atoms with Crippen LogP contribution in [0.1, 0.15) is 16.7 Å². The maximum Gasteiger partial charge on any atom is 0.127 e.